The van der Waals surface area contributed by atoms with Gasteiger partial charge in [0, 0.05) is 14.5 Å². The van der Waals surface area contributed by atoms with E-state index in [1.54, 1.807) is 0 Å². The second-order valence-electron chi connectivity index (χ2n) is 5.61. The molecule has 16 heavy (non-hydrogen) atoms. The fourth-order valence-corrected chi connectivity index (χ4v) is 3.66. The number of likely N-dealkylation sites (tertiary alicyclic amines) is 1. The van der Waals surface area contributed by atoms with E-state index in [0.717, 1.165) is 23.7 Å². The lowest BCUT2D eigenvalue weighted by Crippen LogP contribution is -2.46. The van der Waals surface area contributed by atoms with Crippen molar-refractivity contribution in [3.63, 3.8) is 0 Å². The summed E-state index contributed by atoms with van der Waals surface area (Å²) in [4.78, 5) is 2.68. The summed E-state index contributed by atoms with van der Waals surface area (Å²) < 4.78 is 0. The predicted molar refractivity (Wildman–Crippen MR) is 74.7 cm³/mol. The molecule has 2 rings (SSSR count). The topological polar surface area (TPSA) is 3.24 Å². The van der Waals surface area contributed by atoms with Gasteiger partial charge in [0.25, 0.3) is 0 Å². The van der Waals surface area contributed by atoms with E-state index < -0.39 is 0 Å². The van der Waals surface area contributed by atoms with Gasteiger partial charge in [0.05, 0.1) is 0 Å². The zero-order valence-electron chi connectivity index (χ0n) is 12.0. The maximum Gasteiger partial charge on any atom is 0.00149 e. The minimum absolute atomic E-state index is 0. The number of hydrogen-bond donors (Lipinski definition) is 0. The van der Waals surface area contributed by atoms with E-state index in [1.807, 2.05) is 13.8 Å². The normalized spacial score (nSPS) is 34.5. The number of fused-ring (bicyclic) bond motifs is 1. The summed E-state index contributed by atoms with van der Waals surface area (Å²) in [5.74, 6) is 3.97. The lowest BCUT2D eigenvalue weighted by atomic mass is 9.74. The Balaban J connectivity index is 0.000000811. The smallest absolute Gasteiger partial charge is 0.00149 e. The Morgan fingerprint density at radius 3 is 2.44 bits per heavy atom. The maximum absolute atomic E-state index is 2.68. The van der Waals surface area contributed by atoms with Gasteiger partial charge in [0.2, 0.25) is 0 Å². The third-order valence-corrected chi connectivity index (χ3v) is 4.53. The molecule has 3 atom stereocenters. The lowest BCUT2D eigenvalue weighted by molar-refractivity contribution is 0.0575. The molecule has 1 saturated heterocycles. The molecule has 0 spiro atoms. The summed E-state index contributed by atoms with van der Waals surface area (Å²) in [5.41, 5.74) is 0. The lowest BCUT2D eigenvalue weighted by Gasteiger charge is -2.42. The monoisotopic (exact) mass is 227 g/mol. The molecule has 98 valence electrons. The molecule has 1 aliphatic heterocycles. The first-order valence-electron chi connectivity index (χ1n) is 7.44. The van der Waals surface area contributed by atoms with Crippen LogP contribution in [-0.4, -0.2) is 24.5 Å². The van der Waals surface area contributed by atoms with Crippen LogP contribution in [0.15, 0.2) is 0 Å². The highest BCUT2D eigenvalue weighted by molar-refractivity contribution is 4.91. The minimum atomic E-state index is 0. The van der Waals surface area contributed by atoms with E-state index in [4.69, 9.17) is 0 Å². The molecule has 0 bridgehead atoms. The number of rotatable bonds is 2. The molecule has 0 N–H and O–H groups in total. The minimum Gasteiger partial charge on any atom is -0.303 e. The number of hydrogen-bond acceptors (Lipinski definition) is 1. The van der Waals surface area contributed by atoms with Gasteiger partial charge < -0.3 is 4.90 Å². The largest absolute Gasteiger partial charge is 0.303 e. The van der Waals surface area contributed by atoms with Crippen LogP contribution in [0.3, 0.4) is 0 Å². The van der Waals surface area contributed by atoms with Crippen LogP contribution in [0.5, 0.6) is 0 Å². The van der Waals surface area contributed by atoms with Crippen LogP contribution >= 0.6 is 0 Å². The predicted octanol–water partition coefficient (Wildman–Crippen LogP) is 4.28. The zero-order chi connectivity index (χ0) is 12.1. The average Bonchev–Trinajstić information content (AvgIpc) is 2.77. The molecule has 1 heteroatoms. The fraction of sp³-hybridized carbons (Fsp3) is 1.00. The summed E-state index contributed by atoms with van der Waals surface area (Å²) in [6.07, 6.45) is 4.52. The van der Waals surface area contributed by atoms with Crippen molar-refractivity contribution < 1.29 is 1.43 Å². The zero-order valence-corrected chi connectivity index (χ0v) is 12.0. The highest BCUT2D eigenvalue weighted by Gasteiger charge is 2.39. The molecule has 0 aromatic heterocycles. The fourth-order valence-electron chi connectivity index (χ4n) is 3.66. The van der Waals surface area contributed by atoms with E-state index in [2.05, 4.69) is 25.7 Å². The quantitative estimate of drug-likeness (QED) is 0.680. The highest BCUT2D eigenvalue weighted by Crippen LogP contribution is 2.43. The third kappa shape index (κ3) is 3.00. The Hall–Kier alpha value is -0.0400. The van der Waals surface area contributed by atoms with Crippen LogP contribution in [0.2, 0.25) is 0 Å². The van der Waals surface area contributed by atoms with Crippen LogP contribution in [0.25, 0.3) is 0 Å². The SMILES string of the molecule is CC.CCN1CC2CCC[C@@H]2[C@@H](C(C)C)C1.[HH]. The van der Waals surface area contributed by atoms with Gasteiger partial charge >= 0.3 is 0 Å². The highest BCUT2D eigenvalue weighted by atomic mass is 15.1. The first kappa shape index (κ1) is 14.0. The van der Waals surface area contributed by atoms with Crippen LogP contribution < -0.4 is 0 Å². The molecule has 1 saturated carbocycles. The molecular weight excluding hydrogens is 194 g/mol. The summed E-state index contributed by atoms with van der Waals surface area (Å²) in [6, 6.07) is 0. The van der Waals surface area contributed by atoms with Crippen molar-refractivity contribution in [3.05, 3.63) is 0 Å². The van der Waals surface area contributed by atoms with Crippen LogP contribution in [0, 0.1) is 23.7 Å². The first-order chi connectivity index (χ1) is 7.72. The molecule has 0 radical (unpaired) electrons. The maximum atomic E-state index is 2.68. The van der Waals surface area contributed by atoms with Crippen molar-refractivity contribution in [1.29, 1.82) is 0 Å². The van der Waals surface area contributed by atoms with Crippen molar-refractivity contribution in [1.82, 2.24) is 4.90 Å². The van der Waals surface area contributed by atoms with E-state index in [9.17, 15) is 0 Å². The molecule has 1 aliphatic carbocycles. The first-order valence-corrected chi connectivity index (χ1v) is 7.44. The van der Waals surface area contributed by atoms with Crippen LogP contribution in [0.4, 0.5) is 0 Å². The van der Waals surface area contributed by atoms with Crippen LogP contribution in [0.1, 0.15) is 55.3 Å². The average molecular weight is 227 g/mol. The Bertz CT molecular complexity index is 193. The van der Waals surface area contributed by atoms with Crippen molar-refractivity contribution >= 4 is 0 Å². The molecule has 2 fully saturated rings. The Labute approximate surface area is 104 Å². The van der Waals surface area contributed by atoms with E-state index in [1.165, 1.54) is 38.9 Å². The van der Waals surface area contributed by atoms with Gasteiger partial charge in [-0.05, 0) is 43.1 Å². The van der Waals surface area contributed by atoms with E-state index in [0.29, 0.717) is 0 Å². The second-order valence-corrected chi connectivity index (χ2v) is 5.61. The van der Waals surface area contributed by atoms with Gasteiger partial charge in [0.15, 0.2) is 0 Å². The Morgan fingerprint density at radius 2 is 1.88 bits per heavy atom. The summed E-state index contributed by atoms with van der Waals surface area (Å²) >= 11 is 0. The van der Waals surface area contributed by atoms with Crippen molar-refractivity contribution in [2.24, 2.45) is 23.7 Å². The molecule has 0 amide bonds. The summed E-state index contributed by atoms with van der Waals surface area (Å²) in [5, 5.41) is 0. The summed E-state index contributed by atoms with van der Waals surface area (Å²) in [7, 11) is 0. The van der Waals surface area contributed by atoms with E-state index in [-0.39, 0.29) is 1.43 Å². The third-order valence-electron chi connectivity index (χ3n) is 4.53. The molecule has 2 aliphatic rings. The van der Waals surface area contributed by atoms with Crippen molar-refractivity contribution in [2.45, 2.75) is 53.9 Å². The van der Waals surface area contributed by atoms with Crippen molar-refractivity contribution in [3.8, 4) is 0 Å². The van der Waals surface area contributed by atoms with Gasteiger partial charge in [-0.25, -0.2) is 0 Å². The molecule has 1 nitrogen and oxygen atoms in total. The summed E-state index contributed by atoms with van der Waals surface area (Å²) in [6.45, 7) is 15.2. The molecular formula is C15H33N. The number of nitrogens with zero attached hydrogens (tertiary/aromatic N) is 1. The van der Waals surface area contributed by atoms with Gasteiger partial charge in [-0.15, -0.1) is 0 Å². The standard InChI is InChI=1S/C13H25N.C2H6.H2/c1-4-14-8-11-6-5-7-12(11)13(9-14)10(2)3;1-2;/h10-13H,4-9H2,1-3H3;1-2H3;1H/t11?,12-,13+;;/m0../s1. The number of piperidine rings is 1. The van der Waals surface area contributed by atoms with Gasteiger partial charge in [-0.3, -0.25) is 0 Å². The van der Waals surface area contributed by atoms with Crippen molar-refractivity contribution in [2.75, 3.05) is 19.6 Å². The Kier molecular flexibility index (Phi) is 5.82. The molecule has 0 aromatic rings. The van der Waals surface area contributed by atoms with E-state index >= 15 is 0 Å². The Morgan fingerprint density at radius 1 is 1.19 bits per heavy atom. The molecule has 1 unspecified atom stereocenters. The van der Waals surface area contributed by atoms with Gasteiger partial charge in [-0.1, -0.05) is 41.0 Å². The van der Waals surface area contributed by atoms with Gasteiger partial charge in [0.1, 0.15) is 0 Å². The molecule has 1 heterocycles. The molecule has 0 aromatic carbocycles. The van der Waals surface area contributed by atoms with Crippen LogP contribution in [-0.2, 0) is 0 Å². The van der Waals surface area contributed by atoms with Gasteiger partial charge in [-0.2, -0.15) is 0 Å². The second kappa shape index (κ2) is 6.64.